The van der Waals surface area contributed by atoms with Gasteiger partial charge in [-0.15, -0.1) is 0 Å². The van der Waals surface area contributed by atoms with Crippen LogP contribution in [-0.2, 0) is 13.3 Å². The molecule has 0 rings (SSSR count). The van der Waals surface area contributed by atoms with Crippen molar-refractivity contribution in [1.82, 2.24) is 0 Å². The van der Waals surface area contributed by atoms with Gasteiger partial charge < -0.3 is 24.1 Å². The van der Waals surface area contributed by atoms with Crippen molar-refractivity contribution >= 4 is 8.80 Å². The van der Waals surface area contributed by atoms with E-state index in [0.717, 1.165) is 0 Å². The Balaban J connectivity index is 4.44. The van der Waals surface area contributed by atoms with Crippen LogP contribution in [0.25, 0.3) is 0 Å². The largest absolute Gasteiger partial charge is 0.503 e. The van der Waals surface area contributed by atoms with Gasteiger partial charge in [0.25, 0.3) is 0 Å². The molecule has 5 nitrogen and oxygen atoms in total. The van der Waals surface area contributed by atoms with Gasteiger partial charge in [-0.25, -0.2) is 0 Å². The molecule has 0 aliphatic heterocycles. The molecule has 0 aromatic carbocycles. The number of hydrogen-bond donors (Lipinski definition) is 2. The fourth-order valence-electron chi connectivity index (χ4n) is 1.33. The highest BCUT2D eigenvalue weighted by atomic mass is 28.4. The normalized spacial score (nSPS) is 14.2. The molecule has 0 fully saturated rings. The van der Waals surface area contributed by atoms with Gasteiger partial charge in [-0.1, -0.05) is 0 Å². The molecule has 0 aliphatic rings. The molecule has 0 aliphatic carbocycles. The van der Waals surface area contributed by atoms with E-state index < -0.39 is 14.9 Å². The van der Waals surface area contributed by atoms with Crippen LogP contribution >= 0.6 is 0 Å². The van der Waals surface area contributed by atoms with Crippen molar-refractivity contribution in [3.8, 4) is 0 Å². The lowest BCUT2D eigenvalue weighted by molar-refractivity contribution is 0.0569. The van der Waals surface area contributed by atoms with Gasteiger partial charge in [0.2, 0.25) is 0 Å². The molecule has 1 atom stereocenters. The van der Waals surface area contributed by atoms with Crippen molar-refractivity contribution in [2.75, 3.05) is 26.4 Å². The van der Waals surface area contributed by atoms with Gasteiger partial charge in [-0.2, -0.15) is 0 Å². The lowest BCUT2D eigenvalue weighted by Crippen LogP contribution is -2.49. The number of hydrogen-bond acceptors (Lipinski definition) is 5. The summed E-state index contributed by atoms with van der Waals surface area (Å²) in [6.45, 7) is 7.40. The molecule has 0 saturated carbocycles. The predicted molar refractivity (Wildman–Crippen MR) is 60.5 cm³/mol. The van der Waals surface area contributed by atoms with Crippen LogP contribution in [0.5, 0.6) is 0 Å². The van der Waals surface area contributed by atoms with Crippen LogP contribution in [0, 0.1) is 0 Å². The summed E-state index contributed by atoms with van der Waals surface area (Å²) in [5.41, 5.74) is 5.37. The summed E-state index contributed by atoms with van der Waals surface area (Å²) >= 11 is 0. The summed E-state index contributed by atoms with van der Waals surface area (Å²) < 4.78 is 16.7. The van der Waals surface area contributed by atoms with E-state index in [1.807, 2.05) is 20.8 Å². The first-order chi connectivity index (χ1) is 7.14. The number of aliphatic hydroxyl groups is 1. The molecule has 0 spiro atoms. The molecule has 0 aromatic heterocycles. The second-order valence-corrected chi connectivity index (χ2v) is 5.72. The second kappa shape index (κ2) is 8.20. The van der Waals surface area contributed by atoms with Gasteiger partial charge in [0.1, 0.15) is 0 Å². The first kappa shape index (κ1) is 15.0. The molecule has 1 unspecified atom stereocenters. The van der Waals surface area contributed by atoms with Gasteiger partial charge >= 0.3 is 8.80 Å². The minimum atomic E-state index is -2.71. The fraction of sp³-hybridized carbons (Fsp3) is 1.00. The highest BCUT2D eigenvalue weighted by molar-refractivity contribution is 6.60. The monoisotopic (exact) mass is 237 g/mol. The number of rotatable bonds is 9. The van der Waals surface area contributed by atoms with E-state index in [9.17, 15) is 5.11 Å². The van der Waals surface area contributed by atoms with Gasteiger partial charge in [-0.05, 0) is 20.8 Å². The Morgan fingerprint density at radius 1 is 1.07 bits per heavy atom. The highest BCUT2D eigenvalue weighted by Gasteiger charge is 2.42. The van der Waals surface area contributed by atoms with Crippen LogP contribution in [0.1, 0.15) is 20.8 Å². The second-order valence-electron chi connectivity index (χ2n) is 3.08. The van der Waals surface area contributed by atoms with Gasteiger partial charge in [0.15, 0.2) is 0 Å². The number of aliphatic hydroxyl groups excluding tert-OH is 1. The maximum absolute atomic E-state index is 9.54. The summed E-state index contributed by atoms with van der Waals surface area (Å²) in [6, 6.07) is 0.360. The van der Waals surface area contributed by atoms with Crippen molar-refractivity contribution in [3.05, 3.63) is 0 Å². The Kier molecular flexibility index (Phi) is 8.21. The van der Waals surface area contributed by atoms with E-state index in [0.29, 0.717) is 25.9 Å². The summed E-state index contributed by atoms with van der Waals surface area (Å²) in [7, 11) is -2.71. The van der Waals surface area contributed by atoms with Crippen molar-refractivity contribution < 1.29 is 18.4 Å². The molecule has 0 saturated heterocycles. The van der Waals surface area contributed by atoms with E-state index >= 15 is 0 Å². The molecular weight excluding hydrogens is 214 g/mol. The Labute approximate surface area is 92.9 Å². The Bertz CT molecular complexity index is 142. The third kappa shape index (κ3) is 5.60. The summed E-state index contributed by atoms with van der Waals surface area (Å²) in [5.74, 6) is 0. The molecule has 6 heteroatoms. The highest BCUT2D eigenvalue weighted by Crippen LogP contribution is 2.17. The SMILES string of the molecule is CCO[Si](CC(O)CN)(OCC)OCC. The molecule has 0 heterocycles. The van der Waals surface area contributed by atoms with Crippen molar-refractivity contribution in [3.63, 3.8) is 0 Å². The average Bonchev–Trinajstić information content (AvgIpc) is 2.18. The Morgan fingerprint density at radius 3 is 1.73 bits per heavy atom. The topological polar surface area (TPSA) is 73.9 Å². The van der Waals surface area contributed by atoms with Crippen molar-refractivity contribution in [2.24, 2.45) is 5.73 Å². The lowest BCUT2D eigenvalue weighted by atomic mass is 10.4. The van der Waals surface area contributed by atoms with Crippen LogP contribution in [0.3, 0.4) is 0 Å². The predicted octanol–water partition coefficient (Wildman–Crippen LogP) is 0.354. The van der Waals surface area contributed by atoms with Gasteiger partial charge in [0.05, 0.1) is 6.10 Å². The van der Waals surface area contributed by atoms with Crippen LogP contribution in [-0.4, -0.2) is 46.4 Å². The van der Waals surface area contributed by atoms with E-state index in [2.05, 4.69) is 0 Å². The smallest absolute Gasteiger partial charge is 0.392 e. The standard InChI is InChI=1S/C9H23NO4Si/c1-4-12-15(13-5-2,14-6-3)8-9(11)7-10/h9,11H,4-8,10H2,1-3H3. The number of nitrogens with two attached hydrogens (primary N) is 1. The van der Waals surface area contributed by atoms with Crippen molar-refractivity contribution in [2.45, 2.75) is 32.9 Å². The zero-order chi connectivity index (χ0) is 11.7. The van der Waals surface area contributed by atoms with Crippen LogP contribution in [0.2, 0.25) is 6.04 Å². The minimum absolute atomic E-state index is 0.196. The molecular formula is C9H23NO4Si. The summed E-state index contributed by atoms with van der Waals surface area (Å²) in [5, 5.41) is 9.54. The summed E-state index contributed by atoms with van der Waals surface area (Å²) in [4.78, 5) is 0. The molecule has 92 valence electrons. The van der Waals surface area contributed by atoms with Gasteiger partial charge in [0, 0.05) is 32.4 Å². The van der Waals surface area contributed by atoms with Crippen LogP contribution in [0.4, 0.5) is 0 Å². The Hall–Kier alpha value is 0.0169. The van der Waals surface area contributed by atoms with Crippen LogP contribution in [0.15, 0.2) is 0 Å². The van der Waals surface area contributed by atoms with Gasteiger partial charge in [-0.3, -0.25) is 0 Å². The quantitative estimate of drug-likeness (QED) is 0.566. The zero-order valence-corrected chi connectivity index (χ0v) is 10.9. The maximum Gasteiger partial charge on any atom is 0.503 e. The molecule has 0 bridgehead atoms. The average molecular weight is 237 g/mol. The zero-order valence-electron chi connectivity index (χ0n) is 9.86. The van der Waals surface area contributed by atoms with Crippen molar-refractivity contribution in [1.29, 1.82) is 0 Å². The maximum atomic E-state index is 9.54. The lowest BCUT2D eigenvalue weighted by Gasteiger charge is -2.29. The molecule has 15 heavy (non-hydrogen) atoms. The first-order valence-electron chi connectivity index (χ1n) is 5.44. The summed E-state index contributed by atoms with van der Waals surface area (Å²) in [6.07, 6.45) is -0.624. The fourth-order valence-corrected chi connectivity index (χ4v) is 4.00. The molecule has 3 N–H and O–H groups in total. The third-order valence-electron chi connectivity index (χ3n) is 1.85. The van der Waals surface area contributed by atoms with E-state index in [4.69, 9.17) is 19.0 Å². The minimum Gasteiger partial charge on any atom is -0.392 e. The van der Waals surface area contributed by atoms with E-state index in [-0.39, 0.29) is 6.54 Å². The molecule has 0 radical (unpaired) electrons. The van der Waals surface area contributed by atoms with E-state index in [1.165, 1.54) is 0 Å². The Morgan fingerprint density at radius 2 is 1.47 bits per heavy atom. The molecule has 0 amide bonds. The molecule has 0 aromatic rings. The third-order valence-corrected chi connectivity index (χ3v) is 5.01. The van der Waals surface area contributed by atoms with E-state index in [1.54, 1.807) is 0 Å². The van der Waals surface area contributed by atoms with Crippen LogP contribution < -0.4 is 5.73 Å². The first-order valence-corrected chi connectivity index (χ1v) is 7.37.